The van der Waals surface area contributed by atoms with Gasteiger partial charge in [-0.15, -0.1) is 0 Å². The Hall–Kier alpha value is -1.94. The molecule has 4 nitrogen and oxygen atoms in total. The molecule has 1 aliphatic rings. The molecule has 1 aromatic heterocycles. The summed E-state index contributed by atoms with van der Waals surface area (Å²) in [4.78, 5) is 13.5. The number of aryl methyl sites for hydroxylation is 2. The number of hydrogen-bond acceptors (Lipinski definition) is 4. The summed E-state index contributed by atoms with van der Waals surface area (Å²) in [6.07, 6.45) is 3.88. The van der Waals surface area contributed by atoms with Crippen molar-refractivity contribution in [2.75, 3.05) is 31.1 Å². The average molecular weight is 282 g/mol. The molecule has 1 aliphatic heterocycles. The number of rotatable bonds is 3. The van der Waals surface area contributed by atoms with Gasteiger partial charge in [0.15, 0.2) is 0 Å². The molecule has 21 heavy (non-hydrogen) atoms. The monoisotopic (exact) mass is 282 g/mol. The third kappa shape index (κ3) is 3.58. The van der Waals surface area contributed by atoms with Gasteiger partial charge in [-0.05, 0) is 31.5 Å². The van der Waals surface area contributed by atoms with E-state index in [0.29, 0.717) is 0 Å². The van der Waals surface area contributed by atoms with E-state index in [1.54, 1.807) is 0 Å². The Morgan fingerprint density at radius 1 is 1.00 bits per heavy atom. The molecule has 0 saturated carbocycles. The van der Waals surface area contributed by atoms with Crippen molar-refractivity contribution in [1.82, 2.24) is 14.9 Å². The largest absolute Gasteiger partial charge is 0.369 e. The lowest BCUT2D eigenvalue weighted by Crippen LogP contribution is -2.46. The van der Waals surface area contributed by atoms with Crippen molar-refractivity contribution in [3.63, 3.8) is 0 Å². The van der Waals surface area contributed by atoms with Crippen molar-refractivity contribution in [3.8, 4) is 0 Å². The highest BCUT2D eigenvalue weighted by molar-refractivity contribution is 5.48. The molecule has 2 heterocycles. The number of piperazine rings is 1. The molecule has 0 unspecified atom stereocenters. The molecule has 3 rings (SSSR count). The van der Waals surface area contributed by atoms with Crippen molar-refractivity contribution in [2.45, 2.75) is 20.4 Å². The normalized spacial score (nSPS) is 16.2. The Kier molecular flexibility index (Phi) is 4.15. The topological polar surface area (TPSA) is 32.3 Å². The first-order valence-electron chi connectivity index (χ1n) is 7.52. The Morgan fingerprint density at radius 3 is 2.38 bits per heavy atom. The van der Waals surface area contributed by atoms with E-state index in [1.165, 1.54) is 16.8 Å². The van der Waals surface area contributed by atoms with E-state index in [0.717, 1.165) is 38.5 Å². The van der Waals surface area contributed by atoms with Gasteiger partial charge in [0.05, 0.1) is 0 Å². The van der Waals surface area contributed by atoms with E-state index >= 15 is 0 Å². The minimum Gasteiger partial charge on any atom is -0.369 e. The average Bonchev–Trinajstić information content (AvgIpc) is 2.50. The Balaban J connectivity index is 1.56. The smallest absolute Gasteiger partial charge is 0.125 e. The lowest BCUT2D eigenvalue weighted by Gasteiger charge is -2.36. The van der Waals surface area contributed by atoms with E-state index in [4.69, 9.17) is 0 Å². The zero-order valence-corrected chi connectivity index (χ0v) is 12.8. The van der Waals surface area contributed by atoms with Crippen LogP contribution in [-0.4, -0.2) is 41.0 Å². The second-order valence-corrected chi connectivity index (χ2v) is 5.74. The Morgan fingerprint density at radius 2 is 1.71 bits per heavy atom. The highest BCUT2D eigenvalue weighted by Gasteiger charge is 2.17. The van der Waals surface area contributed by atoms with Gasteiger partial charge < -0.3 is 4.90 Å². The Labute approximate surface area is 126 Å². The molecule has 4 heteroatoms. The fourth-order valence-corrected chi connectivity index (χ4v) is 2.75. The van der Waals surface area contributed by atoms with Crippen molar-refractivity contribution in [1.29, 1.82) is 0 Å². The standard InChI is InChI=1S/C17H22N4/c1-14-4-3-5-17(10-14)21-8-6-20(7-9-21)13-16-11-18-15(2)19-12-16/h3-5,10-12H,6-9,13H2,1-2H3. The maximum absolute atomic E-state index is 4.27. The van der Waals surface area contributed by atoms with Crippen molar-refractivity contribution < 1.29 is 0 Å². The number of benzene rings is 1. The molecule has 0 atom stereocenters. The van der Waals surface area contributed by atoms with Gasteiger partial charge in [-0.3, -0.25) is 4.90 Å². The zero-order valence-electron chi connectivity index (χ0n) is 12.8. The minimum absolute atomic E-state index is 0.836. The third-order valence-corrected chi connectivity index (χ3v) is 3.98. The summed E-state index contributed by atoms with van der Waals surface area (Å²) in [6.45, 7) is 9.35. The summed E-state index contributed by atoms with van der Waals surface area (Å²) in [6, 6.07) is 8.76. The molecule has 1 saturated heterocycles. The van der Waals surface area contributed by atoms with Gasteiger partial charge in [0, 0.05) is 56.4 Å². The van der Waals surface area contributed by atoms with Crippen LogP contribution >= 0.6 is 0 Å². The molecule has 1 aromatic carbocycles. The van der Waals surface area contributed by atoms with Gasteiger partial charge in [-0.25, -0.2) is 9.97 Å². The summed E-state index contributed by atoms with van der Waals surface area (Å²) in [7, 11) is 0. The van der Waals surface area contributed by atoms with Gasteiger partial charge in [-0.2, -0.15) is 0 Å². The number of nitrogens with zero attached hydrogens (tertiary/aromatic N) is 4. The van der Waals surface area contributed by atoms with Gasteiger partial charge >= 0.3 is 0 Å². The lowest BCUT2D eigenvalue weighted by atomic mass is 10.2. The molecule has 1 fully saturated rings. The zero-order chi connectivity index (χ0) is 14.7. The van der Waals surface area contributed by atoms with Crippen LogP contribution in [0.15, 0.2) is 36.7 Å². The second kappa shape index (κ2) is 6.22. The van der Waals surface area contributed by atoms with Crippen LogP contribution in [0, 0.1) is 13.8 Å². The van der Waals surface area contributed by atoms with Crippen molar-refractivity contribution in [3.05, 3.63) is 53.6 Å². The summed E-state index contributed by atoms with van der Waals surface area (Å²) < 4.78 is 0. The predicted molar refractivity (Wildman–Crippen MR) is 85.4 cm³/mol. The highest BCUT2D eigenvalue weighted by Crippen LogP contribution is 2.18. The molecule has 0 radical (unpaired) electrons. The number of aromatic nitrogens is 2. The van der Waals surface area contributed by atoms with Crippen LogP contribution in [0.25, 0.3) is 0 Å². The predicted octanol–water partition coefficient (Wildman–Crippen LogP) is 2.42. The first-order valence-corrected chi connectivity index (χ1v) is 7.52. The SMILES string of the molecule is Cc1cccc(N2CCN(Cc3cnc(C)nc3)CC2)c1. The fourth-order valence-electron chi connectivity index (χ4n) is 2.75. The van der Waals surface area contributed by atoms with Gasteiger partial charge in [0.1, 0.15) is 5.82 Å². The van der Waals surface area contributed by atoms with Crippen LogP contribution in [0.1, 0.15) is 17.0 Å². The maximum atomic E-state index is 4.27. The van der Waals surface area contributed by atoms with Crippen LogP contribution < -0.4 is 4.90 Å². The second-order valence-electron chi connectivity index (χ2n) is 5.74. The first kappa shape index (κ1) is 14.0. The molecule has 0 bridgehead atoms. The maximum Gasteiger partial charge on any atom is 0.125 e. The number of hydrogen-bond donors (Lipinski definition) is 0. The highest BCUT2D eigenvalue weighted by atomic mass is 15.3. The van der Waals surface area contributed by atoms with E-state index < -0.39 is 0 Å². The van der Waals surface area contributed by atoms with Crippen LogP contribution in [0.5, 0.6) is 0 Å². The van der Waals surface area contributed by atoms with Crippen molar-refractivity contribution >= 4 is 5.69 Å². The summed E-state index contributed by atoms with van der Waals surface area (Å²) in [5.41, 5.74) is 3.87. The summed E-state index contributed by atoms with van der Waals surface area (Å²) in [5, 5.41) is 0. The molecule has 0 aliphatic carbocycles. The third-order valence-electron chi connectivity index (χ3n) is 3.98. The van der Waals surface area contributed by atoms with Gasteiger partial charge in [0.25, 0.3) is 0 Å². The quantitative estimate of drug-likeness (QED) is 0.865. The molecule has 110 valence electrons. The van der Waals surface area contributed by atoms with Crippen LogP contribution in [0.4, 0.5) is 5.69 Å². The molecular formula is C17H22N4. The summed E-state index contributed by atoms with van der Waals surface area (Å²) in [5.74, 6) is 0.836. The lowest BCUT2D eigenvalue weighted by molar-refractivity contribution is 0.249. The Bertz CT molecular complexity index is 586. The minimum atomic E-state index is 0.836. The van der Waals surface area contributed by atoms with Crippen LogP contribution in [-0.2, 0) is 6.54 Å². The van der Waals surface area contributed by atoms with E-state index in [1.807, 2.05) is 19.3 Å². The molecule has 0 amide bonds. The van der Waals surface area contributed by atoms with Crippen LogP contribution in [0.2, 0.25) is 0 Å². The first-order chi connectivity index (χ1) is 10.2. The molecule has 0 spiro atoms. The van der Waals surface area contributed by atoms with Crippen molar-refractivity contribution in [2.24, 2.45) is 0 Å². The molecule has 2 aromatic rings. The molecule has 0 N–H and O–H groups in total. The van der Waals surface area contributed by atoms with Crippen LogP contribution in [0.3, 0.4) is 0 Å². The number of anilines is 1. The van der Waals surface area contributed by atoms with E-state index in [9.17, 15) is 0 Å². The molecular weight excluding hydrogens is 260 g/mol. The van der Waals surface area contributed by atoms with Gasteiger partial charge in [0.2, 0.25) is 0 Å². The fraction of sp³-hybridized carbons (Fsp3) is 0.412. The van der Waals surface area contributed by atoms with Gasteiger partial charge in [-0.1, -0.05) is 12.1 Å². The van der Waals surface area contributed by atoms with E-state index in [2.05, 4.69) is 51.0 Å². The van der Waals surface area contributed by atoms with E-state index in [-0.39, 0.29) is 0 Å². The summed E-state index contributed by atoms with van der Waals surface area (Å²) >= 11 is 0.